The summed E-state index contributed by atoms with van der Waals surface area (Å²) in [5, 5.41) is 0. The Bertz CT molecular complexity index is 829. The summed E-state index contributed by atoms with van der Waals surface area (Å²) < 4.78 is 18.5. The molecule has 3 aromatic carbocycles. The summed E-state index contributed by atoms with van der Waals surface area (Å²) in [5.74, 6) is 5.15. The third-order valence-corrected chi connectivity index (χ3v) is 5.12. The first-order valence-corrected chi connectivity index (χ1v) is 7.71. The fourth-order valence-electron chi connectivity index (χ4n) is 4.25. The van der Waals surface area contributed by atoms with Crippen molar-refractivity contribution < 1.29 is 14.2 Å². The quantitative estimate of drug-likeness (QED) is 0.437. The molecule has 6 rings (SSSR count). The molecule has 0 aromatic heterocycles. The Morgan fingerprint density at radius 2 is 0.783 bits per heavy atom. The van der Waals surface area contributed by atoms with E-state index < -0.39 is 0 Å². The topological polar surface area (TPSA) is 27.7 Å². The lowest BCUT2D eigenvalue weighted by Gasteiger charge is -2.45. The predicted molar refractivity (Wildman–Crippen MR) is 85.1 cm³/mol. The summed E-state index contributed by atoms with van der Waals surface area (Å²) in [6, 6.07) is 18.0. The van der Waals surface area contributed by atoms with E-state index in [1.54, 1.807) is 0 Å². The Kier molecular flexibility index (Phi) is 1.77. The minimum absolute atomic E-state index is 0.321. The molecule has 0 spiro atoms. The van der Waals surface area contributed by atoms with Gasteiger partial charge in [0.15, 0.2) is 0 Å². The molecule has 3 heterocycles. The van der Waals surface area contributed by atoms with Crippen LogP contribution < -0.4 is 14.2 Å². The summed E-state index contributed by atoms with van der Waals surface area (Å²) in [5.41, 5.74) is 2.94. The minimum atomic E-state index is -0.321. The van der Waals surface area contributed by atoms with Crippen LogP contribution in [0.3, 0.4) is 0 Å². The Morgan fingerprint density at radius 3 is 1.04 bits per heavy atom. The molecule has 0 saturated carbocycles. The van der Waals surface area contributed by atoms with Gasteiger partial charge in [-0.1, -0.05) is 18.2 Å². The average molecular weight is 300 g/mol. The normalized spacial score (nSPS) is 16.6. The highest BCUT2D eigenvalue weighted by Crippen LogP contribution is 2.65. The van der Waals surface area contributed by atoms with E-state index in [4.69, 9.17) is 14.2 Å². The van der Waals surface area contributed by atoms with Crippen LogP contribution in [-0.2, 0) is 5.41 Å². The van der Waals surface area contributed by atoms with E-state index in [0.29, 0.717) is 0 Å². The maximum atomic E-state index is 6.15. The summed E-state index contributed by atoms with van der Waals surface area (Å²) in [4.78, 5) is 0. The lowest BCUT2D eigenvalue weighted by Crippen LogP contribution is -2.35. The monoisotopic (exact) mass is 300 g/mol. The van der Waals surface area contributed by atoms with Crippen molar-refractivity contribution in [2.24, 2.45) is 0 Å². The van der Waals surface area contributed by atoms with Crippen LogP contribution in [0.1, 0.15) is 23.6 Å². The van der Waals surface area contributed by atoms with Gasteiger partial charge >= 0.3 is 0 Å². The van der Waals surface area contributed by atoms with E-state index in [1.165, 1.54) is 0 Å². The number of rotatable bonds is 0. The van der Waals surface area contributed by atoms with Gasteiger partial charge in [0.1, 0.15) is 34.5 Å². The van der Waals surface area contributed by atoms with Crippen molar-refractivity contribution in [2.75, 3.05) is 0 Å². The van der Waals surface area contributed by atoms with Gasteiger partial charge in [0.25, 0.3) is 0 Å². The van der Waals surface area contributed by atoms with Crippen LogP contribution in [0.5, 0.6) is 34.5 Å². The van der Waals surface area contributed by atoms with E-state index in [1.807, 2.05) is 54.6 Å². The largest absolute Gasteiger partial charge is 0.456 e. The molecule has 0 fully saturated rings. The molecule has 110 valence electrons. The van der Waals surface area contributed by atoms with Crippen molar-refractivity contribution >= 4 is 0 Å². The Hall–Kier alpha value is -2.94. The zero-order chi connectivity index (χ0) is 15.2. The molecule has 0 aliphatic carbocycles. The average Bonchev–Trinajstić information content (AvgIpc) is 2.54. The molecule has 0 N–H and O–H groups in total. The Morgan fingerprint density at radius 1 is 0.522 bits per heavy atom. The SMILES string of the molecule is CC12c3c4cccc3Oc3cccc(c31)Oc1cccc(c12)O4. The van der Waals surface area contributed by atoms with Crippen LogP contribution in [0.2, 0.25) is 0 Å². The summed E-state index contributed by atoms with van der Waals surface area (Å²) in [6.45, 7) is 2.24. The van der Waals surface area contributed by atoms with Crippen LogP contribution >= 0.6 is 0 Å². The van der Waals surface area contributed by atoms with Gasteiger partial charge in [0, 0.05) is 0 Å². The molecule has 3 aromatic rings. The molecule has 3 nitrogen and oxygen atoms in total. The standard InChI is InChI=1S/C20H12O3/c1-20-17-11-5-2-6-12(17)22-14-8-4-10-16(19(14)20)23-15-9-3-7-13(21-11)18(15)20/h2-10H,1H3. The van der Waals surface area contributed by atoms with Crippen LogP contribution in [0.4, 0.5) is 0 Å². The summed E-state index contributed by atoms with van der Waals surface area (Å²) in [7, 11) is 0. The molecule has 0 radical (unpaired) electrons. The van der Waals surface area contributed by atoms with Gasteiger partial charge in [-0.15, -0.1) is 0 Å². The summed E-state index contributed by atoms with van der Waals surface area (Å²) in [6.07, 6.45) is 0. The van der Waals surface area contributed by atoms with Gasteiger partial charge in [-0.3, -0.25) is 0 Å². The van der Waals surface area contributed by atoms with Crippen LogP contribution in [0.15, 0.2) is 54.6 Å². The maximum absolute atomic E-state index is 6.15. The van der Waals surface area contributed by atoms with Crippen molar-refractivity contribution in [1.29, 1.82) is 0 Å². The molecule has 0 bridgehead atoms. The molecule has 0 amide bonds. The molecular weight excluding hydrogens is 288 g/mol. The first-order valence-electron chi connectivity index (χ1n) is 7.71. The highest BCUT2D eigenvalue weighted by atomic mass is 16.5. The summed E-state index contributed by atoms with van der Waals surface area (Å²) >= 11 is 0. The number of benzene rings is 3. The molecule has 23 heavy (non-hydrogen) atoms. The van der Waals surface area contributed by atoms with Crippen molar-refractivity contribution in [3.8, 4) is 34.5 Å². The third-order valence-electron chi connectivity index (χ3n) is 5.12. The Balaban J connectivity index is 1.86. The number of hydrogen-bond donors (Lipinski definition) is 0. The third kappa shape index (κ3) is 1.16. The van der Waals surface area contributed by atoms with Gasteiger partial charge in [-0.25, -0.2) is 0 Å². The van der Waals surface area contributed by atoms with Crippen molar-refractivity contribution in [2.45, 2.75) is 12.3 Å². The molecule has 3 aliphatic heterocycles. The predicted octanol–water partition coefficient (Wildman–Crippen LogP) is 5.36. The zero-order valence-electron chi connectivity index (χ0n) is 12.4. The van der Waals surface area contributed by atoms with Crippen LogP contribution in [0.25, 0.3) is 0 Å². The van der Waals surface area contributed by atoms with E-state index >= 15 is 0 Å². The van der Waals surface area contributed by atoms with Gasteiger partial charge < -0.3 is 14.2 Å². The van der Waals surface area contributed by atoms with Crippen molar-refractivity contribution in [1.82, 2.24) is 0 Å². The van der Waals surface area contributed by atoms with E-state index in [2.05, 4.69) is 6.92 Å². The lowest BCUT2D eigenvalue weighted by molar-refractivity contribution is 0.337. The smallest absolute Gasteiger partial charge is 0.135 e. The van der Waals surface area contributed by atoms with Crippen LogP contribution in [0, 0.1) is 0 Å². The second-order valence-corrected chi connectivity index (χ2v) is 6.32. The van der Waals surface area contributed by atoms with Crippen molar-refractivity contribution in [3.63, 3.8) is 0 Å². The Labute approximate surface area is 133 Å². The van der Waals surface area contributed by atoms with Gasteiger partial charge in [-0.2, -0.15) is 0 Å². The zero-order valence-corrected chi connectivity index (χ0v) is 12.4. The molecule has 0 unspecified atom stereocenters. The molecule has 0 saturated heterocycles. The molecule has 3 heteroatoms. The fourth-order valence-corrected chi connectivity index (χ4v) is 4.25. The van der Waals surface area contributed by atoms with Gasteiger partial charge in [0.2, 0.25) is 0 Å². The van der Waals surface area contributed by atoms with Crippen LogP contribution in [-0.4, -0.2) is 0 Å². The van der Waals surface area contributed by atoms with E-state index in [-0.39, 0.29) is 5.41 Å². The van der Waals surface area contributed by atoms with Crippen molar-refractivity contribution in [3.05, 3.63) is 71.3 Å². The first kappa shape index (κ1) is 11.6. The van der Waals surface area contributed by atoms with Gasteiger partial charge in [0.05, 0.1) is 22.1 Å². The van der Waals surface area contributed by atoms with E-state index in [9.17, 15) is 0 Å². The van der Waals surface area contributed by atoms with E-state index in [0.717, 1.165) is 51.2 Å². The highest BCUT2D eigenvalue weighted by molar-refractivity contribution is 5.77. The van der Waals surface area contributed by atoms with Gasteiger partial charge in [-0.05, 0) is 43.3 Å². The molecular formula is C20H12O3. The lowest BCUT2D eigenvalue weighted by atomic mass is 9.66. The maximum Gasteiger partial charge on any atom is 0.135 e. The minimum Gasteiger partial charge on any atom is -0.456 e. The first-order chi connectivity index (χ1) is 11.3. The number of ether oxygens (including phenoxy) is 3. The number of hydrogen-bond acceptors (Lipinski definition) is 3. The second-order valence-electron chi connectivity index (χ2n) is 6.32. The second kappa shape index (κ2) is 3.51. The fraction of sp³-hybridized carbons (Fsp3) is 0.100. The molecule has 3 aliphatic rings. The molecule has 0 atom stereocenters. The highest BCUT2D eigenvalue weighted by Gasteiger charge is 2.51.